The zero-order valence-corrected chi connectivity index (χ0v) is 7.63. The molecule has 0 fully saturated rings. The van der Waals surface area contributed by atoms with Gasteiger partial charge in [0.05, 0.1) is 5.60 Å². The summed E-state index contributed by atoms with van der Waals surface area (Å²) in [7, 11) is 0. The maximum absolute atomic E-state index is 10.1. The molecule has 0 aromatic heterocycles. The van der Waals surface area contributed by atoms with Gasteiger partial charge in [-0.15, -0.1) is 0 Å². The third-order valence-electron chi connectivity index (χ3n) is 2.57. The largest absolute Gasteiger partial charge is 0.390 e. The summed E-state index contributed by atoms with van der Waals surface area (Å²) < 4.78 is 0. The lowest BCUT2D eigenvalue weighted by molar-refractivity contribution is 0.0150. The second-order valence-electron chi connectivity index (χ2n) is 3.67. The minimum absolute atomic E-state index is 0.473. The molecule has 0 aromatic rings. The Kier molecular flexibility index (Phi) is 3.76. The molecule has 1 rings (SSSR count). The molecule has 0 radical (unpaired) electrons. The second kappa shape index (κ2) is 4.63. The second-order valence-corrected chi connectivity index (χ2v) is 3.67. The van der Waals surface area contributed by atoms with E-state index in [1.54, 1.807) is 0 Å². The van der Waals surface area contributed by atoms with Gasteiger partial charge in [0.1, 0.15) is 0 Å². The van der Waals surface area contributed by atoms with Crippen molar-refractivity contribution in [3.63, 3.8) is 0 Å². The lowest BCUT2D eigenvalue weighted by Gasteiger charge is -2.28. The van der Waals surface area contributed by atoms with Gasteiger partial charge < -0.3 is 10.8 Å². The predicted molar refractivity (Wildman–Crippen MR) is 50.8 cm³/mol. The van der Waals surface area contributed by atoms with Crippen LogP contribution >= 0.6 is 0 Å². The van der Waals surface area contributed by atoms with Gasteiger partial charge in [-0.1, -0.05) is 12.2 Å². The third-order valence-corrected chi connectivity index (χ3v) is 2.57. The van der Waals surface area contributed by atoms with Crippen molar-refractivity contribution in [3.05, 3.63) is 12.2 Å². The standard InChI is InChI=1S/C10H19NO/c11-9-8-10(12)6-4-2-1-3-5-7-10/h1-2,12H,3-9,11H2/b2-1+/t10-/m1/s1. The maximum atomic E-state index is 10.1. The summed E-state index contributed by atoms with van der Waals surface area (Å²) in [4.78, 5) is 0. The molecule has 1 aliphatic rings. The van der Waals surface area contributed by atoms with E-state index in [1.807, 2.05) is 0 Å². The minimum atomic E-state index is -0.473. The molecule has 0 spiro atoms. The first kappa shape index (κ1) is 9.75. The number of hydrogen-bond donors (Lipinski definition) is 2. The smallest absolute Gasteiger partial charge is 0.0662 e. The van der Waals surface area contributed by atoms with E-state index < -0.39 is 5.60 Å². The Morgan fingerprint density at radius 3 is 2.75 bits per heavy atom. The normalized spacial score (nSPS) is 33.8. The van der Waals surface area contributed by atoms with E-state index in [4.69, 9.17) is 5.73 Å². The topological polar surface area (TPSA) is 46.2 Å². The fourth-order valence-electron chi connectivity index (χ4n) is 1.78. The Labute approximate surface area is 74.5 Å². The molecule has 0 saturated carbocycles. The van der Waals surface area contributed by atoms with Gasteiger partial charge in [0.15, 0.2) is 0 Å². The molecule has 0 amide bonds. The van der Waals surface area contributed by atoms with Crippen molar-refractivity contribution < 1.29 is 5.11 Å². The highest BCUT2D eigenvalue weighted by molar-refractivity contribution is 4.90. The summed E-state index contributed by atoms with van der Waals surface area (Å²) in [6.45, 7) is 0.597. The van der Waals surface area contributed by atoms with Crippen LogP contribution in [-0.2, 0) is 0 Å². The van der Waals surface area contributed by atoms with E-state index in [-0.39, 0.29) is 0 Å². The van der Waals surface area contributed by atoms with Gasteiger partial charge in [0, 0.05) is 0 Å². The molecule has 2 heteroatoms. The first-order valence-corrected chi connectivity index (χ1v) is 4.84. The van der Waals surface area contributed by atoms with Crippen LogP contribution in [0.2, 0.25) is 0 Å². The highest BCUT2D eigenvalue weighted by Crippen LogP contribution is 2.25. The zero-order chi connectivity index (χ0) is 8.86. The molecule has 0 unspecified atom stereocenters. The Balaban J connectivity index is 2.45. The van der Waals surface area contributed by atoms with Crippen LogP contribution in [0.25, 0.3) is 0 Å². The van der Waals surface area contributed by atoms with Crippen molar-refractivity contribution >= 4 is 0 Å². The van der Waals surface area contributed by atoms with Crippen LogP contribution < -0.4 is 5.73 Å². The molecule has 0 aromatic carbocycles. The van der Waals surface area contributed by atoms with Gasteiger partial charge in [-0.05, 0) is 45.1 Å². The van der Waals surface area contributed by atoms with E-state index in [0.29, 0.717) is 6.54 Å². The van der Waals surface area contributed by atoms with Crippen molar-refractivity contribution in [2.45, 2.75) is 44.1 Å². The number of rotatable bonds is 2. The molecular formula is C10H19NO. The van der Waals surface area contributed by atoms with Gasteiger partial charge in [-0.3, -0.25) is 0 Å². The first-order valence-electron chi connectivity index (χ1n) is 4.84. The molecule has 2 nitrogen and oxygen atoms in total. The van der Waals surface area contributed by atoms with Crippen molar-refractivity contribution in [3.8, 4) is 0 Å². The third kappa shape index (κ3) is 2.95. The molecule has 70 valence electrons. The average molecular weight is 169 g/mol. The molecule has 0 aliphatic heterocycles. The summed E-state index contributed by atoms with van der Waals surface area (Å²) in [5.41, 5.74) is 4.98. The monoisotopic (exact) mass is 169 g/mol. The van der Waals surface area contributed by atoms with Gasteiger partial charge in [0.25, 0.3) is 0 Å². The fraction of sp³-hybridized carbons (Fsp3) is 0.800. The Hall–Kier alpha value is -0.340. The van der Waals surface area contributed by atoms with Crippen LogP contribution in [0.3, 0.4) is 0 Å². The van der Waals surface area contributed by atoms with Crippen molar-refractivity contribution in [1.82, 2.24) is 0 Å². The van der Waals surface area contributed by atoms with Crippen LogP contribution in [0.1, 0.15) is 38.5 Å². The zero-order valence-electron chi connectivity index (χ0n) is 7.63. The van der Waals surface area contributed by atoms with E-state index in [1.165, 1.54) is 0 Å². The summed E-state index contributed by atoms with van der Waals surface area (Å²) in [5, 5.41) is 10.1. The van der Waals surface area contributed by atoms with Gasteiger partial charge in [0.2, 0.25) is 0 Å². The van der Waals surface area contributed by atoms with Gasteiger partial charge in [-0.2, -0.15) is 0 Å². The number of hydrogen-bond acceptors (Lipinski definition) is 2. The SMILES string of the molecule is NCC[C@@]1(O)CC/C=C/CCC1. The molecule has 0 saturated heterocycles. The first-order chi connectivity index (χ1) is 5.77. The molecule has 1 atom stereocenters. The number of allylic oxidation sites excluding steroid dienone is 2. The number of nitrogens with two attached hydrogens (primary N) is 1. The molecule has 12 heavy (non-hydrogen) atoms. The van der Waals surface area contributed by atoms with Crippen LogP contribution in [0.5, 0.6) is 0 Å². The average Bonchev–Trinajstić information content (AvgIpc) is 1.99. The van der Waals surface area contributed by atoms with E-state index in [2.05, 4.69) is 12.2 Å². The van der Waals surface area contributed by atoms with Crippen molar-refractivity contribution in [2.75, 3.05) is 6.54 Å². The Bertz CT molecular complexity index is 156. The maximum Gasteiger partial charge on any atom is 0.0662 e. The highest BCUT2D eigenvalue weighted by atomic mass is 16.3. The molecule has 1 aliphatic carbocycles. The van der Waals surface area contributed by atoms with E-state index >= 15 is 0 Å². The molecular weight excluding hydrogens is 150 g/mol. The summed E-state index contributed by atoms with van der Waals surface area (Å²) in [5.74, 6) is 0. The molecule has 3 N–H and O–H groups in total. The lowest BCUT2D eigenvalue weighted by Crippen LogP contribution is -2.31. The number of aliphatic hydroxyl groups is 1. The Morgan fingerprint density at radius 1 is 1.25 bits per heavy atom. The quantitative estimate of drug-likeness (QED) is 0.617. The fourth-order valence-corrected chi connectivity index (χ4v) is 1.78. The van der Waals surface area contributed by atoms with Gasteiger partial charge in [-0.25, -0.2) is 0 Å². The molecule has 0 bridgehead atoms. The van der Waals surface area contributed by atoms with E-state index in [9.17, 15) is 5.11 Å². The van der Waals surface area contributed by atoms with Gasteiger partial charge >= 0.3 is 0 Å². The van der Waals surface area contributed by atoms with Crippen LogP contribution in [0.15, 0.2) is 12.2 Å². The van der Waals surface area contributed by atoms with Crippen LogP contribution in [0, 0.1) is 0 Å². The highest BCUT2D eigenvalue weighted by Gasteiger charge is 2.24. The minimum Gasteiger partial charge on any atom is -0.390 e. The van der Waals surface area contributed by atoms with Crippen LogP contribution in [0.4, 0.5) is 0 Å². The van der Waals surface area contributed by atoms with Crippen LogP contribution in [-0.4, -0.2) is 17.3 Å². The summed E-state index contributed by atoms with van der Waals surface area (Å²) >= 11 is 0. The Morgan fingerprint density at radius 2 is 2.00 bits per heavy atom. The van der Waals surface area contributed by atoms with Crippen molar-refractivity contribution in [1.29, 1.82) is 0 Å². The van der Waals surface area contributed by atoms with Crippen molar-refractivity contribution in [2.24, 2.45) is 5.73 Å². The molecule has 0 heterocycles. The lowest BCUT2D eigenvalue weighted by atomic mass is 9.87. The van der Waals surface area contributed by atoms with E-state index in [0.717, 1.165) is 38.5 Å². The predicted octanol–water partition coefficient (Wildman–Crippen LogP) is 1.59. The summed E-state index contributed by atoms with van der Waals surface area (Å²) in [6.07, 6.45) is 10.1. The summed E-state index contributed by atoms with van der Waals surface area (Å²) in [6, 6.07) is 0.